The van der Waals surface area contributed by atoms with Gasteiger partial charge in [0.2, 0.25) is 0 Å². The molecule has 2 amide bonds. The molecule has 8 heteroatoms. The van der Waals surface area contributed by atoms with Crippen LogP contribution in [0.25, 0.3) is 21.3 Å². The number of thiophene rings is 1. The van der Waals surface area contributed by atoms with E-state index in [4.69, 9.17) is 14.7 Å². The predicted molar refractivity (Wildman–Crippen MR) is 116 cm³/mol. The molecule has 3 heterocycles. The van der Waals surface area contributed by atoms with E-state index in [2.05, 4.69) is 22.4 Å². The summed E-state index contributed by atoms with van der Waals surface area (Å²) in [4.78, 5) is 28.6. The summed E-state index contributed by atoms with van der Waals surface area (Å²) in [6.45, 7) is 3.20. The standard InChI is InChI=1S/C21H25N5O2S/c1-24(2)21(27)26-11-9-25(10-12-26)19-18-16(15-7-5-4-6-8-15)14-29-20(18)23-17(22-19)13-28-3/h4-8,14H,9-13H2,1-3H3. The minimum Gasteiger partial charge on any atom is -0.377 e. The highest BCUT2D eigenvalue weighted by molar-refractivity contribution is 7.17. The summed E-state index contributed by atoms with van der Waals surface area (Å²) >= 11 is 1.63. The van der Waals surface area contributed by atoms with Crippen molar-refractivity contribution >= 4 is 33.4 Å². The first kappa shape index (κ1) is 19.6. The van der Waals surface area contributed by atoms with Gasteiger partial charge in [0.15, 0.2) is 5.82 Å². The molecule has 0 spiro atoms. The molecule has 0 unspecified atom stereocenters. The Balaban J connectivity index is 1.72. The van der Waals surface area contributed by atoms with Gasteiger partial charge in [0.25, 0.3) is 0 Å². The van der Waals surface area contributed by atoms with Crippen molar-refractivity contribution in [3.63, 3.8) is 0 Å². The van der Waals surface area contributed by atoms with Crippen molar-refractivity contribution in [1.29, 1.82) is 0 Å². The van der Waals surface area contributed by atoms with Crippen LogP contribution in [-0.4, -0.2) is 73.2 Å². The number of nitrogens with zero attached hydrogens (tertiary/aromatic N) is 5. The Hall–Kier alpha value is -2.71. The van der Waals surface area contributed by atoms with Gasteiger partial charge in [0, 0.05) is 58.3 Å². The van der Waals surface area contributed by atoms with Crippen LogP contribution < -0.4 is 4.90 Å². The molecule has 0 atom stereocenters. The maximum atomic E-state index is 12.3. The number of benzene rings is 1. The Morgan fingerprint density at radius 1 is 1.14 bits per heavy atom. The Bertz CT molecular complexity index is 997. The number of ether oxygens (including phenoxy) is 1. The number of amides is 2. The highest BCUT2D eigenvalue weighted by atomic mass is 32.1. The van der Waals surface area contributed by atoms with Crippen molar-refractivity contribution in [3.05, 3.63) is 41.5 Å². The normalized spacial score (nSPS) is 14.4. The van der Waals surface area contributed by atoms with Crippen LogP contribution in [-0.2, 0) is 11.3 Å². The summed E-state index contributed by atoms with van der Waals surface area (Å²) in [5, 5.41) is 3.23. The van der Waals surface area contributed by atoms with E-state index < -0.39 is 0 Å². The highest BCUT2D eigenvalue weighted by Crippen LogP contribution is 2.38. The van der Waals surface area contributed by atoms with Crippen molar-refractivity contribution in [2.24, 2.45) is 0 Å². The number of carbonyl (C=O) groups is 1. The van der Waals surface area contributed by atoms with Gasteiger partial charge in [-0.05, 0) is 5.56 Å². The van der Waals surface area contributed by atoms with Gasteiger partial charge in [0.1, 0.15) is 17.3 Å². The lowest BCUT2D eigenvalue weighted by molar-refractivity contribution is 0.167. The molecule has 29 heavy (non-hydrogen) atoms. The third-order valence-corrected chi connectivity index (χ3v) is 5.92. The van der Waals surface area contributed by atoms with E-state index >= 15 is 0 Å². The summed E-state index contributed by atoms with van der Waals surface area (Å²) < 4.78 is 5.29. The molecule has 0 saturated carbocycles. The molecule has 0 N–H and O–H groups in total. The van der Waals surface area contributed by atoms with Crippen LogP contribution >= 0.6 is 11.3 Å². The van der Waals surface area contributed by atoms with Crippen LogP contribution in [0, 0.1) is 0 Å². The summed E-state index contributed by atoms with van der Waals surface area (Å²) in [6.07, 6.45) is 0. The van der Waals surface area contributed by atoms with Crippen LogP contribution in [0.15, 0.2) is 35.7 Å². The van der Waals surface area contributed by atoms with Crippen molar-refractivity contribution in [2.75, 3.05) is 52.3 Å². The molecule has 1 saturated heterocycles. The smallest absolute Gasteiger partial charge is 0.319 e. The zero-order chi connectivity index (χ0) is 20.4. The molecule has 7 nitrogen and oxygen atoms in total. The lowest BCUT2D eigenvalue weighted by Crippen LogP contribution is -2.51. The van der Waals surface area contributed by atoms with E-state index in [-0.39, 0.29) is 6.03 Å². The number of hydrogen-bond donors (Lipinski definition) is 0. The lowest BCUT2D eigenvalue weighted by Gasteiger charge is -2.37. The van der Waals surface area contributed by atoms with Crippen LogP contribution in [0.4, 0.5) is 10.6 Å². The number of hydrogen-bond acceptors (Lipinski definition) is 6. The van der Waals surface area contributed by atoms with E-state index in [9.17, 15) is 4.79 Å². The fourth-order valence-corrected chi connectivity index (χ4v) is 4.57. The molecule has 2 aromatic heterocycles. The van der Waals surface area contributed by atoms with E-state index in [0.29, 0.717) is 25.5 Å². The topological polar surface area (TPSA) is 61.8 Å². The molecule has 0 aliphatic carbocycles. The zero-order valence-corrected chi connectivity index (χ0v) is 17.8. The van der Waals surface area contributed by atoms with Crippen molar-refractivity contribution in [1.82, 2.24) is 19.8 Å². The average molecular weight is 412 g/mol. The molecule has 1 aromatic carbocycles. The van der Waals surface area contributed by atoms with Gasteiger partial charge in [-0.25, -0.2) is 14.8 Å². The quantitative estimate of drug-likeness (QED) is 0.659. The average Bonchev–Trinajstić information content (AvgIpc) is 3.17. The van der Waals surface area contributed by atoms with Crippen LogP contribution in [0.2, 0.25) is 0 Å². The molecule has 1 aliphatic heterocycles. The Morgan fingerprint density at radius 2 is 1.86 bits per heavy atom. The largest absolute Gasteiger partial charge is 0.377 e. The number of fused-ring (bicyclic) bond motifs is 1. The van der Waals surface area contributed by atoms with Gasteiger partial charge in [-0.15, -0.1) is 11.3 Å². The van der Waals surface area contributed by atoms with Crippen LogP contribution in [0.3, 0.4) is 0 Å². The minimum atomic E-state index is 0.0538. The van der Waals surface area contributed by atoms with Gasteiger partial charge in [-0.1, -0.05) is 30.3 Å². The highest BCUT2D eigenvalue weighted by Gasteiger charge is 2.26. The molecule has 1 aliphatic rings. The summed E-state index contributed by atoms with van der Waals surface area (Å²) in [5.74, 6) is 1.61. The number of methoxy groups -OCH3 is 1. The molecule has 4 rings (SSSR count). The Labute approximate surface area is 174 Å². The SMILES string of the molecule is COCc1nc(N2CCN(C(=O)N(C)C)CC2)c2c(-c3ccccc3)csc2n1. The van der Waals surface area contributed by atoms with Crippen LogP contribution in [0.5, 0.6) is 0 Å². The first-order valence-corrected chi connectivity index (χ1v) is 10.5. The van der Waals surface area contributed by atoms with Crippen molar-refractivity contribution in [3.8, 4) is 11.1 Å². The molecular formula is C21H25N5O2S. The fraction of sp³-hybridized carbons (Fsp3) is 0.381. The Morgan fingerprint density at radius 3 is 2.52 bits per heavy atom. The lowest BCUT2D eigenvalue weighted by atomic mass is 10.1. The van der Waals surface area contributed by atoms with Gasteiger partial charge in [0.05, 0.1) is 5.39 Å². The zero-order valence-electron chi connectivity index (χ0n) is 17.0. The molecular weight excluding hydrogens is 386 g/mol. The van der Waals surface area contributed by atoms with E-state index in [0.717, 1.165) is 40.3 Å². The van der Waals surface area contributed by atoms with Gasteiger partial charge < -0.3 is 19.4 Å². The number of rotatable bonds is 4. The molecule has 152 valence electrons. The van der Waals surface area contributed by atoms with Crippen molar-refractivity contribution < 1.29 is 9.53 Å². The molecule has 0 radical (unpaired) electrons. The second kappa shape index (κ2) is 8.34. The summed E-state index contributed by atoms with van der Waals surface area (Å²) in [5.41, 5.74) is 2.31. The second-order valence-corrected chi connectivity index (χ2v) is 8.10. The number of carbonyl (C=O) groups excluding carboxylic acids is 1. The summed E-state index contributed by atoms with van der Waals surface area (Å²) in [6, 6.07) is 10.4. The fourth-order valence-electron chi connectivity index (χ4n) is 3.61. The monoisotopic (exact) mass is 411 g/mol. The third-order valence-electron chi connectivity index (χ3n) is 5.05. The number of anilines is 1. The maximum Gasteiger partial charge on any atom is 0.319 e. The number of piperazine rings is 1. The van der Waals surface area contributed by atoms with Gasteiger partial charge in [-0.2, -0.15) is 0 Å². The Kier molecular flexibility index (Phi) is 5.64. The van der Waals surface area contributed by atoms with E-state index in [1.165, 1.54) is 0 Å². The van der Waals surface area contributed by atoms with Crippen molar-refractivity contribution in [2.45, 2.75) is 6.61 Å². The first-order chi connectivity index (χ1) is 14.1. The number of aromatic nitrogens is 2. The maximum absolute atomic E-state index is 12.3. The third kappa shape index (κ3) is 3.90. The molecule has 3 aromatic rings. The summed E-state index contributed by atoms with van der Waals surface area (Å²) in [7, 11) is 5.23. The van der Waals surface area contributed by atoms with Gasteiger partial charge in [-0.3, -0.25) is 0 Å². The number of urea groups is 1. The van der Waals surface area contributed by atoms with E-state index in [1.807, 2.05) is 23.1 Å². The first-order valence-electron chi connectivity index (χ1n) is 9.62. The van der Waals surface area contributed by atoms with E-state index in [1.54, 1.807) is 37.4 Å². The molecule has 0 bridgehead atoms. The predicted octanol–water partition coefficient (Wildman–Crippen LogP) is 3.31. The second-order valence-electron chi connectivity index (χ2n) is 7.24. The molecule has 1 fully saturated rings. The van der Waals surface area contributed by atoms with Gasteiger partial charge >= 0.3 is 6.03 Å². The minimum absolute atomic E-state index is 0.0538. The van der Waals surface area contributed by atoms with Crippen LogP contribution in [0.1, 0.15) is 5.82 Å².